The number of carbonyl (C=O) groups is 1. The van der Waals surface area contributed by atoms with Crippen molar-refractivity contribution in [1.82, 2.24) is 0 Å². The molecule has 1 rings (SSSR count). The molecule has 6 nitrogen and oxygen atoms in total. The first-order valence-electron chi connectivity index (χ1n) is 3.47. The molecule has 0 aliphatic carbocycles. The van der Waals surface area contributed by atoms with Crippen molar-refractivity contribution in [2.45, 2.75) is 4.90 Å². The van der Waals surface area contributed by atoms with E-state index in [9.17, 15) is 8.42 Å². The van der Waals surface area contributed by atoms with Crippen molar-refractivity contribution in [2.75, 3.05) is 0 Å². The zero-order chi connectivity index (χ0) is 11.2. The van der Waals surface area contributed by atoms with E-state index in [1.165, 1.54) is 12.1 Å². The van der Waals surface area contributed by atoms with Gasteiger partial charge >= 0.3 is 6.03 Å². The van der Waals surface area contributed by atoms with Gasteiger partial charge in [-0.1, -0.05) is 18.2 Å². The van der Waals surface area contributed by atoms with E-state index in [0.717, 1.165) is 0 Å². The lowest BCUT2D eigenvalue weighted by molar-refractivity contribution is 0.256. The SMILES string of the molecule is NC(N)=O.NS(=O)(=O)c1ccccc1. The monoisotopic (exact) mass is 217 g/mol. The molecule has 78 valence electrons. The second-order valence-corrected chi connectivity index (χ2v) is 3.82. The summed E-state index contributed by atoms with van der Waals surface area (Å²) in [5.41, 5.74) is 8.50. The van der Waals surface area contributed by atoms with Gasteiger partial charge in [-0.05, 0) is 12.1 Å². The van der Waals surface area contributed by atoms with E-state index in [2.05, 4.69) is 11.5 Å². The average Bonchev–Trinajstić information content (AvgIpc) is 2.03. The van der Waals surface area contributed by atoms with Crippen LogP contribution in [0, 0.1) is 0 Å². The summed E-state index contributed by atoms with van der Waals surface area (Å²) in [5, 5.41) is 4.83. The first kappa shape index (κ1) is 12.4. The maximum absolute atomic E-state index is 10.6. The van der Waals surface area contributed by atoms with Crippen molar-refractivity contribution in [3.63, 3.8) is 0 Å². The third-order valence-corrected chi connectivity index (χ3v) is 2.00. The molecule has 14 heavy (non-hydrogen) atoms. The molecular weight excluding hydrogens is 206 g/mol. The summed E-state index contributed by atoms with van der Waals surface area (Å²) in [6.07, 6.45) is 0. The topological polar surface area (TPSA) is 129 Å². The van der Waals surface area contributed by atoms with Crippen LogP contribution in [0.5, 0.6) is 0 Å². The predicted octanol–water partition coefficient (Wildman–Crippen LogP) is -0.642. The van der Waals surface area contributed by atoms with Gasteiger partial charge in [0.15, 0.2) is 0 Å². The summed E-state index contributed by atoms with van der Waals surface area (Å²) in [6.45, 7) is 0. The predicted molar refractivity (Wildman–Crippen MR) is 51.6 cm³/mol. The van der Waals surface area contributed by atoms with Crippen molar-refractivity contribution >= 4 is 16.1 Å². The fourth-order valence-electron chi connectivity index (χ4n) is 0.610. The number of hydrogen-bond acceptors (Lipinski definition) is 3. The van der Waals surface area contributed by atoms with Crippen molar-refractivity contribution in [3.8, 4) is 0 Å². The number of carbonyl (C=O) groups excluding carboxylic acids is 1. The van der Waals surface area contributed by atoms with E-state index in [-0.39, 0.29) is 4.90 Å². The van der Waals surface area contributed by atoms with Crippen LogP contribution in [0.2, 0.25) is 0 Å². The first-order chi connectivity index (χ1) is 6.34. The zero-order valence-electron chi connectivity index (χ0n) is 7.25. The molecule has 0 aliphatic heterocycles. The van der Waals surface area contributed by atoms with Gasteiger partial charge in [-0.3, -0.25) is 0 Å². The second-order valence-electron chi connectivity index (χ2n) is 2.26. The van der Waals surface area contributed by atoms with E-state index in [4.69, 9.17) is 9.93 Å². The number of rotatable bonds is 1. The van der Waals surface area contributed by atoms with Gasteiger partial charge in [0, 0.05) is 0 Å². The second kappa shape index (κ2) is 5.20. The Morgan fingerprint density at radius 1 is 1.07 bits per heavy atom. The Balaban J connectivity index is 0.000000364. The number of nitrogens with two attached hydrogens (primary N) is 3. The molecule has 0 radical (unpaired) electrons. The number of primary amides is 2. The van der Waals surface area contributed by atoms with Crippen LogP contribution in [-0.4, -0.2) is 14.4 Å². The van der Waals surface area contributed by atoms with Crippen LogP contribution in [0.25, 0.3) is 0 Å². The van der Waals surface area contributed by atoms with Crippen LogP contribution in [-0.2, 0) is 10.0 Å². The quantitative estimate of drug-likeness (QED) is 0.578. The van der Waals surface area contributed by atoms with Crippen LogP contribution in [0.1, 0.15) is 0 Å². The van der Waals surface area contributed by atoms with Crippen molar-refractivity contribution in [3.05, 3.63) is 30.3 Å². The van der Waals surface area contributed by atoms with E-state index in [0.29, 0.717) is 0 Å². The van der Waals surface area contributed by atoms with Gasteiger partial charge in [-0.2, -0.15) is 0 Å². The molecule has 0 unspecified atom stereocenters. The molecular formula is C7H11N3O3S. The molecule has 2 amide bonds. The number of primary sulfonamides is 1. The molecule has 7 heteroatoms. The van der Waals surface area contributed by atoms with E-state index in [1.807, 2.05) is 0 Å². The number of benzene rings is 1. The minimum absolute atomic E-state index is 0.148. The van der Waals surface area contributed by atoms with Crippen LogP contribution in [0.4, 0.5) is 4.79 Å². The Morgan fingerprint density at radius 3 is 1.64 bits per heavy atom. The highest BCUT2D eigenvalue weighted by Crippen LogP contribution is 2.02. The van der Waals surface area contributed by atoms with Crippen LogP contribution in [0.3, 0.4) is 0 Å². The molecule has 0 aromatic heterocycles. The number of sulfonamides is 1. The van der Waals surface area contributed by atoms with E-state index < -0.39 is 16.1 Å². The fourth-order valence-corrected chi connectivity index (χ4v) is 1.15. The largest absolute Gasteiger partial charge is 0.352 e. The Hall–Kier alpha value is -1.60. The van der Waals surface area contributed by atoms with Crippen LogP contribution < -0.4 is 16.6 Å². The first-order valence-corrected chi connectivity index (χ1v) is 5.01. The molecule has 0 fully saturated rings. The molecule has 0 spiro atoms. The van der Waals surface area contributed by atoms with Gasteiger partial charge in [0.25, 0.3) is 0 Å². The standard InChI is InChI=1S/C6H7NO2S.CH4N2O/c7-10(8,9)6-4-2-1-3-5-6;2-1(3)4/h1-5H,(H2,7,8,9);(H4,2,3,4). The van der Waals surface area contributed by atoms with Crippen molar-refractivity contribution in [1.29, 1.82) is 0 Å². The molecule has 0 atom stereocenters. The highest BCUT2D eigenvalue weighted by atomic mass is 32.2. The molecule has 1 aromatic rings. The lowest BCUT2D eigenvalue weighted by atomic mass is 10.4. The molecule has 1 aromatic carbocycles. The van der Waals surface area contributed by atoms with Gasteiger partial charge in [-0.25, -0.2) is 18.4 Å². The van der Waals surface area contributed by atoms with Crippen LogP contribution in [0.15, 0.2) is 35.2 Å². The number of urea groups is 1. The Kier molecular flexibility index (Phi) is 4.60. The lowest BCUT2D eigenvalue weighted by Crippen LogP contribution is -2.18. The van der Waals surface area contributed by atoms with Gasteiger partial charge in [0.05, 0.1) is 4.90 Å². The highest BCUT2D eigenvalue weighted by molar-refractivity contribution is 7.89. The fraction of sp³-hybridized carbons (Fsp3) is 0. The summed E-state index contributed by atoms with van der Waals surface area (Å²) < 4.78 is 21.2. The van der Waals surface area contributed by atoms with E-state index >= 15 is 0 Å². The Bertz CT molecular complexity index is 384. The molecule has 0 heterocycles. The Morgan fingerprint density at radius 2 is 1.43 bits per heavy atom. The van der Waals surface area contributed by atoms with Crippen molar-refractivity contribution in [2.24, 2.45) is 16.6 Å². The highest BCUT2D eigenvalue weighted by Gasteiger charge is 2.03. The summed E-state index contributed by atoms with van der Waals surface area (Å²) in [7, 11) is -3.50. The van der Waals surface area contributed by atoms with Gasteiger partial charge < -0.3 is 11.5 Å². The molecule has 0 bridgehead atoms. The molecule has 6 N–H and O–H groups in total. The maximum Gasteiger partial charge on any atom is 0.309 e. The molecule has 0 saturated carbocycles. The van der Waals surface area contributed by atoms with E-state index in [1.54, 1.807) is 18.2 Å². The average molecular weight is 217 g/mol. The molecule has 0 saturated heterocycles. The third-order valence-electron chi connectivity index (χ3n) is 1.07. The third kappa shape index (κ3) is 5.98. The van der Waals surface area contributed by atoms with Gasteiger partial charge in [0.1, 0.15) is 0 Å². The summed E-state index contributed by atoms with van der Waals surface area (Å²) in [4.78, 5) is 9.15. The smallest absolute Gasteiger partial charge is 0.309 e. The normalized spacial score (nSPS) is 9.79. The zero-order valence-corrected chi connectivity index (χ0v) is 8.07. The molecule has 0 aliphatic rings. The Labute approximate surface area is 81.7 Å². The minimum atomic E-state index is -3.50. The van der Waals surface area contributed by atoms with Crippen LogP contribution >= 0.6 is 0 Å². The number of hydrogen-bond donors (Lipinski definition) is 3. The summed E-state index contributed by atoms with van der Waals surface area (Å²) in [6, 6.07) is 7.05. The van der Waals surface area contributed by atoms with Gasteiger partial charge in [0.2, 0.25) is 10.0 Å². The summed E-state index contributed by atoms with van der Waals surface area (Å²) >= 11 is 0. The van der Waals surface area contributed by atoms with Crippen molar-refractivity contribution < 1.29 is 13.2 Å². The maximum atomic E-state index is 10.6. The minimum Gasteiger partial charge on any atom is -0.352 e. The lowest BCUT2D eigenvalue weighted by Gasteiger charge is -1.93. The van der Waals surface area contributed by atoms with Gasteiger partial charge in [-0.15, -0.1) is 0 Å². The summed E-state index contributed by atoms with van der Waals surface area (Å²) in [5.74, 6) is 0. The number of amides is 2.